The number of hydrogen-bond acceptors (Lipinski definition) is 4. The molecule has 3 rings (SSSR count). The van der Waals surface area contributed by atoms with Crippen LogP contribution in [0.5, 0.6) is 5.75 Å². The number of fused-ring (bicyclic) bond motifs is 1. The SMILES string of the molecule is COc1ccc(NC(=O)C(C)n2c(C)nc3ccccc32)cc1C(=O)N(C)C. The first-order valence-electron chi connectivity index (χ1n) is 8.97. The van der Waals surface area contributed by atoms with E-state index in [0.717, 1.165) is 16.9 Å². The molecular formula is C21H24N4O3. The maximum atomic E-state index is 12.9. The van der Waals surface area contributed by atoms with Crippen molar-refractivity contribution < 1.29 is 14.3 Å². The number of carbonyl (C=O) groups is 2. The maximum absolute atomic E-state index is 12.9. The second kappa shape index (κ2) is 7.72. The van der Waals surface area contributed by atoms with Crippen LogP contribution in [0.2, 0.25) is 0 Å². The van der Waals surface area contributed by atoms with E-state index >= 15 is 0 Å². The van der Waals surface area contributed by atoms with E-state index in [-0.39, 0.29) is 11.8 Å². The number of aryl methyl sites for hydroxylation is 1. The first-order valence-corrected chi connectivity index (χ1v) is 8.97. The fraction of sp³-hybridized carbons (Fsp3) is 0.286. The lowest BCUT2D eigenvalue weighted by Gasteiger charge is -2.18. The molecule has 0 saturated carbocycles. The van der Waals surface area contributed by atoms with Crippen molar-refractivity contribution in [3.05, 3.63) is 53.9 Å². The largest absolute Gasteiger partial charge is 0.496 e. The molecule has 7 nitrogen and oxygen atoms in total. The highest BCUT2D eigenvalue weighted by Crippen LogP contribution is 2.26. The number of aromatic nitrogens is 2. The predicted octanol–water partition coefficient (Wildman–Crippen LogP) is 3.25. The van der Waals surface area contributed by atoms with Gasteiger partial charge in [-0.1, -0.05) is 12.1 Å². The minimum absolute atomic E-state index is 0.195. The number of para-hydroxylation sites is 2. The molecule has 28 heavy (non-hydrogen) atoms. The van der Waals surface area contributed by atoms with Gasteiger partial charge in [0.05, 0.1) is 23.7 Å². The minimum Gasteiger partial charge on any atom is -0.496 e. The number of hydrogen-bond donors (Lipinski definition) is 1. The molecule has 1 aromatic heterocycles. The van der Waals surface area contributed by atoms with Crippen LogP contribution in [0.1, 0.15) is 29.1 Å². The third kappa shape index (κ3) is 3.55. The molecule has 3 aromatic rings. The van der Waals surface area contributed by atoms with Crippen molar-refractivity contribution in [1.82, 2.24) is 14.5 Å². The number of methoxy groups -OCH3 is 1. The van der Waals surface area contributed by atoms with Gasteiger partial charge >= 0.3 is 0 Å². The summed E-state index contributed by atoms with van der Waals surface area (Å²) in [4.78, 5) is 31.3. The van der Waals surface area contributed by atoms with Crippen LogP contribution in [-0.2, 0) is 4.79 Å². The molecular weight excluding hydrogens is 356 g/mol. The Labute approximate surface area is 163 Å². The number of nitrogens with zero attached hydrogens (tertiary/aromatic N) is 3. The van der Waals surface area contributed by atoms with Crippen LogP contribution in [-0.4, -0.2) is 47.5 Å². The van der Waals surface area contributed by atoms with Gasteiger partial charge < -0.3 is 19.5 Å². The lowest BCUT2D eigenvalue weighted by atomic mass is 10.1. The van der Waals surface area contributed by atoms with E-state index in [4.69, 9.17) is 4.74 Å². The zero-order chi connectivity index (χ0) is 20.4. The van der Waals surface area contributed by atoms with Gasteiger partial charge in [0, 0.05) is 19.8 Å². The lowest BCUT2D eigenvalue weighted by Crippen LogP contribution is -2.25. The molecule has 0 aliphatic rings. The number of nitrogens with one attached hydrogen (secondary N) is 1. The number of benzene rings is 2. The molecule has 0 bridgehead atoms. The standard InChI is InChI=1S/C21H24N4O3/c1-13(25-14(2)22-17-8-6-7-9-18(17)25)20(26)23-15-10-11-19(28-5)16(12-15)21(27)24(3)4/h6-13H,1-5H3,(H,23,26). The number of amides is 2. The molecule has 0 fully saturated rings. The van der Waals surface area contributed by atoms with Crippen LogP contribution in [0.3, 0.4) is 0 Å². The average Bonchev–Trinajstić information content (AvgIpc) is 3.02. The van der Waals surface area contributed by atoms with Crippen LogP contribution in [0.15, 0.2) is 42.5 Å². The Morgan fingerprint density at radius 3 is 2.57 bits per heavy atom. The Kier molecular flexibility index (Phi) is 5.35. The number of rotatable bonds is 5. The number of ether oxygens (including phenoxy) is 1. The topological polar surface area (TPSA) is 76.5 Å². The Morgan fingerprint density at radius 2 is 1.89 bits per heavy atom. The highest BCUT2D eigenvalue weighted by atomic mass is 16.5. The molecule has 2 aromatic carbocycles. The molecule has 0 spiro atoms. The molecule has 0 aliphatic heterocycles. The van der Waals surface area contributed by atoms with Crippen molar-refractivity contribution >= 4 is 28.5 Å². The van der Waals surface area contributed by atoms with Gasteiger partial charge in [-0.15, -0.1) is 0 Å². The van der Waals surface area contributed by atoms with Crippen molar-refractivity contribution in [2.45, 2.75) is 19.9 Å². The first-order chi connectivity index (χ1) is 13.3. The van der Waals surface area contributed by atoms with Crippen LogP contribution in [0.25, 0.3) is 11.0 Å². The van der Waals surface area contributed by atoms with Gasteiger partial charge in [-0.25, -0.2) is 4.98 Å². The average molecular weight is 380 g/mol. The van der Waals surface area contributed by atoms with Crippen molar-refractivity contribution in [2.75, 3.05) is 26.5 Å². The maximum Gasteiger partial charge on any atom is 0.257 e. The van der Waals surface area contributed by atoms with E-state index in [1.54, 1.807) is 32.3 Å². The molecule has 1 N–H and O–H groups in total. The summed E-state index contributed by atoms with van der Waals surface area (Å²) in [6, 6.07) is 12.3. The predicted molar refractivity (Wildman–Crippen MR) is 109 cm³/mol. The molecule has 0 aliphatic carbocycles. The zero-order valence-electron chi connectivity index (χ0n) is 16.7. The first kappa shape index (κ1) is 19.4. The van der Waals surface area contributed by atoms with Crippen LogP contribution >= 0.6 is 0 Å². The van der Waals surface area contributed by atoms with Gasteiger partial charge in [0.2, 0.25) is 5.91 Å². The Morgan fingerprint density at radius 1 is 1.18 bits per heavy atom. The van der Waals surface area contributed by atoms with E-state index in [1.165, 1.54) is 12.0 Å². The van der Waals surface area contributed by atoms with Gasteiger partial charge in [-0.2, -0.15) is 0 Å². The van der Waals surface area contributed by atoms with Crippen molar-refractivity contribution in [1.29, 1.82) is 0 Å². The van der Waals surface area contributed by atoms with E-state index in [1.807, 2.05) is 42.7 Å². The summed E-state index contributed by atoms with van der Waals surface area (Å²) in [5.41, 5.74) is 2.68. The minimum atomic E-state index is -0.470. The second-order valence-corrected chi connectivity index (χ2v) is 6.80. The van der Waals surface area contributed by atoms with E-state index < -0.39 is 6.04 Å². The van der Waals surface area contributed by atoms with Crippen molar-refractivity contribution in [3.8, 4) is 5.75 Å². The summed E-state index contributed by atoms with van der Waals surface area (Å²) < 4.78 is 7.18. The van der Waals surface area contributed by atoms with Gasteiger partial charge in [0.1, 0.15) is 17.6 Å². The summed E-state index contributed by atoms with van der Waals surface area (Å²) in [7, 11) is 4.85. The Balaban J connectivity index is 1.89. The normalized spacial score (nSPS) is 11.9. The van der Waals surface area contributed by atoms with E-state index in [9.17, 15) is 9.59 Å². The summed E-state index contributed by atoms with van der Waals surface area (Å²) in [5.74, 6) is 0.834. The zero-order valence-corrected chi connectivity index (χ0v) is 16.7. The molecule has 0 saturated heterocycles. The van der Waals surface area contributed by atoms with Gasteiger partial charge in [-0.3, -0.25) is 9.59 Å². The van der Waals surface area contributed by atoms with Crippen LogP contribution in [0, 0.1) is 6.92 Å². The monoisotopic (exact) mass is 380 g/mol. The van der Waals surface area contributed by atoms with Gasteiger partial charge in [0.15, 0.2) is 0 Å². The highest BCUT2D eigenvalue weighted by Gasteiger charge is 2.21. The summed E-state index contributed by atoms with van der Waals surface area (Å²) in [6.45, 7) is 3.71. The summed E-state index contributed by atoms with van der Waals surface area (Å²) >= 11 is 0. The molecule has 1 unspecified atom stereocenters. The number of carbonyl (C=O) groups excluding carboxylic acids is 2. The van der Waals surface area contributed by atoms with Gasteiger partial charge in [-0.05, 0) is 44.2 Å². The fourth-order valence-corrected chi connectivity index (χ4v) is 3.21. The van der Waals surface area contributed by atoms with Gasteiger partial charge in [0.25, 0.3) is 5.91 Å². The quantitative estimate of drug-likeness (QED) is 0.737. The molecule has 146 valence electrons. The molecule has 7 heteroatoms. The van der Waals surface area contributed by atoms with Crippen molar-refractivity contribution in [3.63, 3.8) is 0 Å². The summed E-state index contributed by atoms with van der Waals surface area (Å²) in [6.07, 6.45) is 0. The molecule has 0 radical (unpaired) electrons. The van der Waals surface area contributed by atoms with Crippen molar-refractivity contribution in [2.24, 2.45) is 0 Å². The fourth-order valence-electron chi connectivity index (χ4n) is 3.21. The molecule has 1 heterocycles. The van der Waals surface area contributed by atoms with Crippen LogP contribution < -0.4 is 10.1 Å². The van der Waals surface area contributed by atoms with E-state index in [2.05, 4.69) is 10.3 Å². The third-order valence-corrected chi connectivity index (χ3v) is 4.64. The smallest absolute Gasteiger partial charge is 0.257 e. The van der Waals surface area contributed by atoms with E-state index in [0.29, 0.717) is 17.0 Å². The number of imidazole rings is 1. The molecule has 1 atom stereocenters. The number of anilines is 1. The van der Waals surface area contributed by atoms with Crippen LogP contribution in [0.4, 0.5) is 5.69 Å². The highest BCUT2D eigenvalue weighted by molar-refractivity contribution is 6.00. The third-order valence-electron chi connectivity index (χ3n) is 4.64. The Hall–Kier alpha value is -3.35. The lowest BCUT2D eigenvalue weighted by molar-refractivity contribution is -0.118. The Bertz CT molecular complexity index is 1040. The molecule has 2 amide bonds. The second-order valence-electron chi connectivity index (χ2n) is 6.80. The summed E-state index contributed by atoms with van der Waals surface area (Å²) in [5, 5.41) is 2.89.